The minimum absolute atomic E-state index is 0.0365. The highest BCUT2D eigenvalue weighted by Gasteiger charge is 2.45. The van der Waals surface area contributed by atoms with Gasteiger partial charge in [-0.25, -0.2) is 21.5 Å². The van der Waals surface area contributed by atoms with Crippen molar-refractivity contribution in [3.05, 3.63) is 29.3 Å². The molecule has 1 aromatic carbocycles. The van der Waals surface area contributed by atoms with E-state index in [0.717, 1.165) is 13.1 Å². The number of benzene rings is 1. The molecule has 1 N–H and O–H groups in total. The van der Waals surface area contributed by atoms with Gasteiger partial charge in [0, 0.05) is 19.2 Å². The van der Waals surface area contributed by atoms with E-state index in [0.29, 0.717) is 17.4 Å². The monoisotopic (exact) mass is 387 g/mol. The number of carbonyl (C=O) groups excluding carboxylic acids is 2. The van der Waals surface area contributed by atoms with Gasteiger partial charge in [0.1, 0.15) is 4.90 Å². The van der Waals surface area contributed by atoms with Crippen LogP contribution in [0.3, 0.4) is 0 Å². The van der Waals surface area contributed by atoms with Gasteiger partial charge in [0.25, 0.3) is 27.8 Å². The number of alkyl halides is 2. The SMILES string of the molecule is CCN1CCC(NC(=O)c2ccc3c(c2)S(=O)(=O)N(C)C3=O)C(F)(F)C1. The Labute approximate surface area is 150 Å². The first kappa shape index (κ1) is 18.7. The van der Waals surface area contributed by atoms with Crippen molar-refractivity contribution in [3.8, 4) is 0 Å². The lowest BCUT2D eigenvalue weighted by Gasteiger charge is -2.38. The zero-order chi connectivity index (χ0) is 19.3. The second-order valence-electron chi connectivity index (χ2n) is 6.43. The number of nitrogens with zero attached hydrogens (tertiary/aromatic N) is 2. The first-order valence-corrected chi connectivity index (χ1v) is 9.60. The van der Waals surface area contributed by atoms with Crippen molar-refractivity contribution in [2.45, 2.75) is 30.2 Å². The number of rotatable bonds is 3. The quantitative estimate of drug-likeness (QED) is 0.834. The predicted molar refractivity (Wildman–Crippen MR) is 88.7 cm³/mol. The Balaban J connectivity index is 1.82. The summed E-state index contributed by atoms with van der Waals surface area (Å²) in [5.74, 6) is -4.56. The van der Waals surface area contributed by atoms with Crippen molar-refractivity contribution in [1.29, 1.82) is 0 Å². The van der Waals surface area contributed by atoms with Crippen LogP contribution in [-0.4, -0.2) is 68.1 Å². The summed E-state index contributed by atoms with van der Waals surface area (Å²) in [5, 5.41) is 2.30. The van der Waals surface area contributed by atoms with E-state index in [1.54, 1.807) is 11.8 Å². The summed E-state index contributed by atoms with van der Waals surface area (Å²) in [4.78, 5) is 25.6. The number of sulfonamides is 1. The Morgan fingerprint density at radius 3 is 2.69 bits per heavy atom. The fourth-order valence-corrected chi connectivity index (χ4v) is 4.50. The second kappa shape index (κ2) is 6.27. The fraction of sp³-hybridized carbons (Fsp3) is 0.500. The number of carbonyl (C=O) groups is 2. The van der Waals surface area contributed by atoms with Crippen LogP contribution in [0, 0.1) is 0 Å². The Morgan fingerprint density at radius 1 is 1.38 bits per heavy atom. The van der Waals surface area contributed by atoms with Crippen molar-refractivity contribution in [3.63, 3.8) is 0 Å². The van der Waals surface area contributed by atoms with Crippen molar-refractivity contribution >= 4 is 21.8 Å². The molecule has 142 valence electrons. The summed E-state index contributed by atoms with van der Waals surface area (Å²) in [6.07, 6.45) is 0.0943. The van der Waals surface area contributed by atoms with Crippen molar-refractivity contribution in [2.24, 2.45) is 0 Å². The maximum absolute atomic E-state index is 14.2. The smallest absolute Gasteiger partial charge is 0.280 e. The van der Waals surface area contributed by atoms with Crippen LogP contribution in [0.15, 0.2) is 23.1 Å². The molecule has 2 heterocycles. The predicted octanol–water partition coefficient (Wildman–Crippen LogP) is 0.920. The molecular formula is C16H19F2N3O4S. The van der Waals surface area contributed by atoms with Gasteiger partial charge in [0.2, 0.25) is 0 Å². The van der Waals surface area contributed by atoms with Crippen LogP contribution in [0.5, 0.6) is 0 Å². The number of piperidine rings is 1. The Bertz CT molecular complexity index is 872. The highest BCUT2D eigenvalue weighted by atomic mass is 32.2. The van der Waals surface area contributed by atoms with E-state index < -0.39 is 40.3 Å². The molecule has 0 aliphatic carbocycles. The van der Waals surface area contributed by atoms with Crippen LogP contribution >= 0.6 is 0 Å². The lowest BCUT2D eigenvalue weighted by Crippen LogP contribution is -2.58. The Morgan fingerprint density at radius 2 is 2.08 bits per heavy atom. The molecule has 1 unspecified atom stereocenters. The van der Waals surface area contributed by atoms with Crippen molar-refractivity contribution < 1.29 is 26.8 Å². The third kappa shape index (κ3) is 2.96. The standard InChI is InChI=1S/C16H19F2N3O4S/c1-3-21-7-6-13(16(17,18)9-21)19-14(22)10-4-5-11-12(8-10)26(24,25)20(2)15(11)23/h4-5,8,13H,3,6-7,9H2,1-2H3,(H,19,22). The molecule has 0 aromatic heterocycles. The molecule has 2 aliphatic rings. The maximum atomic E-state index is 14.2. The van der Waals surface area contributed by atoms with Crippen molar-refractivity contribution in [2.75, 3.05) is 26.7 Å². The highest BCUT2D eigenvalue weighted by molar-refractivity contribution is 7.90. The van der Waals surface area contributed by atoms with Crippen LogP contribution in [0.1, 0.15) is 34.1 Å². The summed E-state index contributed by atoms with van der Waals surface area (Å²) >= 11 is 0. The molecule has 1 saturated heterocycles. The number of hydrogen-bond acceptors (Lipinski definition) is 5. The van der Waals surface area contributed by atoms with Gasteiger partial charge in [-0.05, 0) is 31.2 Å². The molecule has 0 radical (unpaired) electrons. The number of halogens is 2. The summed E-state index contributed by atoms with van der Waals surface area (Å²) in [5.41, 5.74) is -0.116. The average Bonchev–Trinajstić information content (AvgIpc) is 2.76. The highest BCUT2D eigenvalue weighted by Crippen LogP contribution is 2.31. The number of nitrogens with one attached hydrogen (secondary N) is 1. The van der Waals surface area contributed by atoms with E-state index in [9.17, 15) is 26.8 Å². The Hall–Kier alpha value is -2.07. The van der Waals surface area contributed by atoms with Gasteiger partial charge in [-0.1, -0.05) is 6.92 Å². The molecule has 2 amide bonds. The van der Waals surface area contributed by atoms with Crippen molar-refractivity contribution in [1.82, 2.24) is 14.5 Å². The topological polar surface area (TPSA) is 86.8 Å². The summed E-state index contributed by atoms with van der Waals surface area (Å²) in [7, 11) is -2.88. The van der Waals surface area contributed by atoms with Crippen LogP contribution in [-0.2, 0) is 10.0 Å². The van der Waals surface area contributed by atoms with Crippen LogP contribution < -0.4 is 5.32 Å². The average molecular weight is 387 g/mol. The van der Waals surface area contributed by atoms with Gasteiger partial charge in [0.05, 0.1) is 18.2 Å². The molecule has 2 aliphatic heterocycles. The van der Waals surface area contributed by atoms with E-state index >= 15 is 0 Å². The molecule has 3 rings (SSSR count). The minimum Gasteiger partial charge on any atom is -0.343 e. The van der Waals surface area contributed by atoms with Gasteiger partial charge in [0.15, 0.2) is 0 Å². The number of hydrogen-bond donors (Lipinski definition) is 1. The molecule has 7 nitrogen and oxygen atoms in total. The zero-order valence-corrected chi connectivity index (χ0v) is 15.1. The first-order chi connectivity index (χ1) is 12.1. The van der Waals surface area contributed by atoms with Gasteiger partial charge >= 0.3 is 0 Å². The number of fused-ring (bicyclic) bond motifs is 1. The fourth-order valence-electron chi connectivity index (χ4n) is 3.18. The summed E-state index contributed by atoms with van der Waals surface area (Å²) in [6.45, 7) is 2.29. The minimum atomic E-state index is -4.01. The second-order valence-corrected chi connectivity index (χ2v) is 8.37. The van der Waals surface area contributed by atoms with Gasteiger partial charge in [-0.2, -0.15) is 0 Å². The molecular weight excluding hydrogens is 368 g/mol. The molecule has 1 aromatic rings. The zero-order valence-electron chi connectivity index (χ0n) is 14.3. The van der Waals surface area contributed by atoms with E-state index in [1.807, 2.05) is 0 Å². The summed E-state index contributed by atoms with van der Waals surface area (Å²) < 4.78 is 53.4. The first-order valence-electron chi connectivity index (χ1n) is 8.16. The molecule has 26 heavy (non-hydrogen) atoms. The lowest BCUT2D eigenvalue weighted by molar-refractivity contribution is -0.0863. The summed E-state index contributed by atoms with van der Waals surface area (Å²) in [6, 6.07) is 2.22. The molecule has 10 heteroatoms. The van der Waals surface area contributed by atoms with Gasteiger partial charge < -0.3 is 5.32 Å². The third-order valence-corrected chi connectivity index (χ3v) is 6.61. The van der Waals surface area contributed by atoms with E-state index in [2.05, 4.69) is 5.32 Å². The number of amides is 2. The van der Waals surface area contributed by atoms with Gasteiger partial charge in [-0.15, -0.1) is 0 Å². The van der Waals surface area contributed by atoms with Crippen LogP contribution in [0.4, 0.5) is 8.78 Å². The largest absolute Gasteiger partial charge is 0.343 e. The molecule has 0 saturated carbocycles. The normalized spacial score (nSPS) is 24.4. The maximum Gasteiger partial charge on any atom is 0.280 e. The van der Waals surface area contributed by atoms with E-state index in [-0.39, 0.29) is 22.4 Å². The van der Waals surface area contributed by atoms with E-state index in [1.165, 1.54) is 12.1 Å². The van der Waals surface area contributed by atoms with Crippen LogP contribution in [0.25, 0.3) is 0 Å². The lowest BCUT2D eigenvalue weighted by atomic mass is 10.00. The third-order valence-electron chi connectivity index (χ3n) is 4.83. The van der Waals surface area contributed by atoms with Gasteiger partial charge in [-0.3, -0.25) is 14.5 Å². The van der Waals surface area contributed by atoms with Crippen LogP contribution in [0.2, 0.25) is 0 Å². The molecule has 1 fully saturated rings. The molecule has 1 atom stereocenters. The molecule has 0 bridgehead atoms. The number of likely N-dealkylation sites (tertiary alicyclic amines) is 1. The Kier molecular flexibility index (Phi) is 4.51. The molecule has 0 spiro atoms. The van der Waals surface area contributed by atoms with E-state index in [4.69, 9.17) is 0 Å².